The van der Waals surface area contributed by atoms with E-state index in [1.165, 1.54) is 11.7 Å². The Hall–Kier alpha value is -2.92. The number of H-pyrrole nitrogens is 1. The van der Waals surface area contributed by atoms with E-state index in [0.717, 1.165) is 6.07 Å². The monoisotopic (exact) mass is 439 g/mol. The molecule has 0 saturated heterocycles. The molecule has 1 aromatic carbocycles. The zero-order valence-corrected chi connectivity index (χ0v) is 16.5. The van der Waals surface area contributed by atoms with Gasteiger partial charge in [-0.1, -0.05) is 0 Å². The minimum atomic E-state index is -4.78. The molecule has 0 bridgehead atoms. The highest BCUT2D eigenvalue weighted by atomic mass is 32.1. The molecule has 4 rings (SSSR count). The maximum atomic E-state index is 13.9. The first-order chi connectivity index (χ1) is 14.3. The van der Waals surface area contributed by atoms with Crippen molar-refractivity contribution in [3.05, 3.63) is 45.0 Å². The fourth-order valence-corrected chi connectivity index (χ4v) is 3.51. The van der Waals surface area contributed by atoms with Gasteiger partial charge in [-0.05, 0) is 36.5 Å². The Balaban J connectivity index is 2.02. The quantitative estimate of drug-likeness (QED) is 0.627. The second-order valence-electron chi connectivity index (χ2n) is 6.51. The standard InChI is InChI=1S/C19H16F3N3O4S/c1-27-5-4-25-16-15(17(26)24-18(25)30)11(19(20,21)22)9-12(23-16)10-2-3-13-14(8-10)29-7-6-28-13/h2-3,8-9H,4-7H2,1H3,(H,24,26,30). The summed E-state index contributed by atoms with van der Waals surface area (Å²) >= 11 is 5.15. The van der Waals surface area contributed by atoms with E-state index in [4.69, 9.17) is 26.4 Å². The van der Waals surface area contributed by atoms with Crippen LogP contribution in [0.15, 0.2) is 29.1 Å². The fraction of sp³-hybridized carbons (Fsp3) is 0.316. The van der Waals surface area contributed by atoms with Gasteiger partial charge in [0, 0.05) is 12.7 Å². The van der Waals surface area contributed by atoms with Crippen molar-refractivity contribution in [2.24, 2.45) is 0 Å². The zero-order chi connectivity index (χ0) is 21.5. The first kappa shape index (κ1) is 20.4. The molecule has 11 heteroatoms. The van der Waals surface area contributed by atoms with Gasteiger partial charge in [0.2, 0.25) is 0 Å². The number of rotatable bonds is 4. The van der Waals surface area contributed by atoms with Gasteiger partial charge in [0.25, 0.3) is 5.56 Å². The topological polar surface area (TPSA) is 78.4 Å². The normalized spacial score (nSPS) is 13.6. The predicted molar refractivity (Wildman–Crippen MR) is 104 cm³/mol. The van der Waals surface area contributed by atoms with Crippen molar-refractivity contribution < 1.29 is 27.4 Å². The summed E-state index contributed by atoms with van der Waals surface area (Å²) in [5.74, 6) is 0.914. The first-order valence-electron chi connectivity index (χ1n) is 8.93. The van der Waals surface area contributed by atoms with Gasteiger partial charge >= 0.3 is 6.18 Å². The average Bonchev–Trinajstić information content (AvgIpc) is 2.71. The molecule has 0 radical (unpaired) electrons. The second-order valence-corrected chi connectivity index (χ2v) is 6.90. The van der Waals surface area contributed by atoms with Gasteiger partial charge in [0.05, 0.1) is 29.8 Å². The third-order valence-electron chi connectivity index (χ3n) is 4.61. The number of aromatic amines is 1. The maximum absolute atomic E-state index is 13.9. The predicted octanol–water partition coefficient (Wildman–Crippen LogP) is 3.56. The Morgan fingerprint density at radius 2 is 1.97 bits per heavy atom. The molecule has 30 heavy (non-hydrogen) atoms. The van der Waals surface area contributed by atoms with Crippen LogP contribution in [0, 0.1) is 4.77 Å². The molecule has 2 aromatic heterocycles. The number of nitrogens with zero attached hydrogens (tertiary/aromatic N) is 2. The van der Waals surface area contributed by atoms with Gasteiger partial charge in [0.15, 0.2) is 16.3 Å². The van der Waals surface area contributed by atoms with Gasteiger partial charge in [-0.15, -0.1) is 0 Å². The molecule has 1 aliphatic heterocycles. The van der Waals surface area contributed by atoms with E-state index in [1.54, 1.807) is 18.2 Å². The summed E-state index contributed by atoms with van der Waals surface area (Å²) in [6.07, 6.45) is -4.78. The summed E-state index contributed by atoms with van der Waals surface area (Å²) in [4.78, 5) is 19.0. The number of methoxy groups -OCH3 is 1. The van der Waals surface area contributed by atoms with Crippen molar-refractivity contribution in [2.45, 2.75) is 12.7 Å². The van der Waals surface area contributed by atoms with E-state index in [-0.39, 0.29) is 29.3 Å². The number of ether oxygens (including phenoxy) is 3. The van der Waals surface area contributed by atoms with Crippen LogP contribution in [0.3, 0.4) is 0 Å². The van der Waals surface area contributed by atoms with Crippen LogP contribution >= 0.6 is 12.2 Å². The smallest absolute Gasteiger partial charge is 0.417 e. The van der Waals surface area contributed by atoms with Crippen LogP contribution in [-0.4, -0.2) is 41.5 Å². The minimum Gasteiger partial charge on any atom is -0.486 e. The number of fused-ring (bicyclic) bond motifs is 2. The van der Waals surface area contributed by atoms with E-state index in [0.29, 0.717) is 30.3 Å². The number of hydrogen-bond acceptors (Lipinski definition) is 6. The molecular formula is C19H16F3N3O4S. The number of benzene rings is 1. The Morgan fingerprint density at radius 1 is 1.23 bits per heavy atom. The molecular weight excluding hydrogens is 423 g/mol. The summed E-state index contributed by atoms with van der Waals surface area (Å²) in [7, 11) is 1.45. The van der Waals surface area contributed by atoms with Crippen LogP contribution in [0.1, 0.15) is 5.56 Å². The van der Waals surface area contributed by atoms with E-state index >= 15 is 0 Å². The molecule has 1 aliphatic rings. The molecule has 0 fully saturated rings. The number of nitrogens with one attached hydrogen (secondary N) is 1. The number of alkyl halides is 3. The highest BCUT2D eigenvalue weighted by Crippen LogP contribution is 2.38. The molecule has 1 N–H and O–H groups in total. The van der Waals surface area contributed by atoms with Crippen molar-refractivity contribution >= 4 is 23.3 Å². The Morgan fingerprint density at radius 3 is 2.67 bits per heavy atom. The number of pyridine rings is 1. The molecule has 0 aliphatic carbocycles. The third-order valence-corrected chi connectivity index (χ3v) is 4.93. The van der Waals surface area contributed by atoms with Crippen LogP contribution in [0.25, 0.3) is 22.3 Å². The molecule has 0 unspecified atom stereocenters. The summed E-state index contributed by atoms with van der Waals surface area (Å²) in [5.41, 5.74) is -1.80. The van der Waals surface area contributed by atoms with Crippen LogP contribution in [-0.2, 0) is 17.5 Å². The van der Waals surface area contributed by atoms with Gasteiger partial charge in [0.1, 0.15) is 18.9 Å². The highest BCUT2D eigenvalue weighted by molar-refractivity contribution is 7.71. The molecule has 0 spiro atoms. The lowest BCUT2D eigenvalue weighted by atomic mass is 10.1. The third kappa shape index (κ3) is 3.65. The molecule has 0 saturated carbocycles. The van der Waals surface area contributed by atoms with E-state index in [9.17, 15) is 18.0 Å². The van der Waals surface area contributed by atoms with Crippen LogP contribution in [0.5, 0.6) is 11.5 Å². The van der Waals surface area contributed by atoms with Crippen LogP contribution < -0.4 is 15.0 Å². The molecule has 7 nitrogen and oxygen atoms in total. The number of aromatic nitrogens is 3. The molecule has 3 aromatic rings. The van der Waals surface area contributed by atoms with E-state index < -0.39 is 22.7 Å². The number of hydrogen-bond donors (Lipinski definition) is 1. The second kappa shape index (κ2) is 7.73. The molecule has 0 amide bonds. The van der Waals surface area contributed by atoms with Gasteiger partial charge in [-0.2, -0.15) is 13.2 Å². The van der Waals surface area contributed by atoms with Crippen molar-refractivity contribution in [2.75, 3.05) is 26.9 Å². The van der Waals surface area contributed by atoms with E-state index in [1.807, 2.05) is 0 Å². The zero-order valence-electron chi connectivity index (χ0n) is 15.7. The van der Waals surface area contributed by atoms with Gasteiger partial charge in [-0.25, -0.2) is 4.98 Å². The summed E-state index contributed by atoms with van der Waals surface area (Å²) in [6.45, 7) is 1.02. The van der Waals surface area contributed by atoms with Crippen molar-refractivity contribution in [1.82, 2.24) is 14.5 Å². The average molecular weight is 439 g/mol. The van der Waals surface area contributed by atoms with Crippen LogP contribution in [0.2, 0.25) is 0 Å². The van der Waals surface area contributed by atoms with Crippen LogP contribution in [0.4, 0.5) is 13.2 Å². The molecule has 3 heterocycles. The van der Waals surface area contributed by atoms with Gasteiger partial charge < -0.3 is 18.8 Å². The van der Waals surface area contributed by atoms with Crippen molar-refractivity contribution in [3.63, 3.8) is 0 Å². The summed E-state index contributed by atoms with van der Waals surface area (Å²) < 4.78 is 58.9. The number of halogens is 3. The lowest BCUT2D eigenvalue weighted by Crippen LogP contribution is -2.21. The molecule has 158 valence electrons. The Kier molecular flexibility index (Phi) is 5.24. The Labute approximate surface area is 173 Å². The van der Waals surface area contributed by atoms with E-state index in [2.05, 4.69) is 9.97 Å². The Bertz CT molecular complexity index is 1240. The summed E-state index contributed by atoms with van der Waals surface area (Å²) in [5, 5.41) is -0.575. The highest BCUT2D eigenvalue weighted by Gasteiger charge is 2.35. The largest absolute Gasteiger partial charge is 0.486 e. The minimum absolute atomic E-state index is 0.0259. The SMILES string of the molecule is COCCn1c(=S)[nH]c(=O)c2c(C(F)(F)F)cc(-c3ccc4c(c3)OCCO4)nc21. The lowest BCUT2D eigenvalue weighted by Gasteiger charge is -2.19. The lowest BCUT2D eigenvalue weighted by molar-refractivity contribution is -0.136. The maximum Gasteiger partial charge on any atom is 0.417 e. The van der Waals surface area contributed by atoms with Crippen molar-refractivity contribution in [1.29, 1.82) is 0 Å². The summed E-state index contributed by atoms with van der Waals surface area (Å²) in [6, 6.07) is 5.61. The first-order valence-corrected chi connectivity index (χ1v) is 9.34. The fourth-order valence-electron chi connectivity index (χ4n) is 3.24. The molecule has 0 atom stereocenters. The van der Waals surface area contributed by atoms with Gasteiger partial charge in [-0.3, -0.25) is 9.78 Å². The van der Waals surface area contributed by atoms with Crippen molar-refractivity contribution in [3.8, 4) is 22.8 Å².